The number of hydrogen-bond donors (Lipinski definition) is 1. The van der Waals surface area contributed by atoms with Gasteiger partial charge in [0.25, 0.3) is 0 Å². The van der Waals surface area contributed by atoms with E-state index in [4.69, 9.17) is 15.0 Å². The van der Waals surface area contributed by atoms with Crippen LogP contribution in [-0.4, -0.2) is 63.6 Å². The number of hydrogen-bond acceptors (Lipinski definition) is 8. The van der Waals surface area contributed by atoms with Gasteiger partial charge < -0.3 is 19.8 Å². The molecule has 3 rings (SSSR count). The molecular weight excluding hydrogens is 353 g/mol. The van der Waals surface area contributed by atoms with Crippen LogP contribution < -0.4 is 5.73 Å². The van der Waals surface area contributed by atoms with Crippen molar-refractivity contribution < 1.29 is 32.8 Å². The number of rotatable bonds is 6. The first-order valence-electron chi connectivity index (χ1n) is 7.72. The lowest BCUT2D eigenvalue weighted by atomic mass is 10.0. The van der Waals surface area contributed by atoms with E-state index in [0.29, 0.717) is 5.57 Å². The predicted molar refractivity (Wildman–Crippen MR) is 79.7 cm³/mol. The quantitative estimate of drug-likeness (QED) is 0.548. The van der Waals surface area contributed by atoms with Crippen molar-refractivity contribution in [2.45, 2.75) is 32.3 Å². The van der Waals surface area contributed by atoms with Crippen molar-refractivity contribution in [3.05, 3.63) is 23.4 Å². The number of primary amides is 1. The molecule has 1 fully saturated rings. The molecule has 0 saturated carbocycles. The van der Waals surface area contributed by atoms with Crippen molar-refractivity contribution in [2.75, 3.05) is 13.2 Å². The highest BCUT2D eigenvalue weighted by Crippen LogP contribution is 2.38. The monoisotopic (exact) mass is 369 g/mol. The summed E-state index contributed by atoms with van der Waals surface area (Å²) in [5.41, 5.74) is 5.73. The van der Waals surface area contributed by atoms with E-state index in [1.165, 1.54) is 11.8 Å². The predicted octanol–water partition coefficient (Wildman–Crippen LogP) is 0.0660. The SMILES string of the molecule is CCOC(=O)C(F)ON1C(=O)N2C[C@H]1C=C(C)[C@H]2c1nnc(C(N)=O)o1. The number of amides is 3. The van der Waals surface area contributed by atoms with E-state index in [-0.39, 0.29) is 24.9 Å². The number of carbonyl (C=O) groups is 3. The summed E-state index contributed by atoms with van der Waals surface area (Å²) < 4.78 is 23.6. The van der Waals surface area contributed by atoms with Gasteiger partial charge in [0.1, 0.15) is 6.04 Å². The molecule has 2 N–H and O–H groups in total. The number of nitrogens with two attached hydrogens (primary N) is 1. The molecule has 0 aliphatic carbocycles. The van der Waals surface area contributed by atoms with E-state index in [1.807, 2.05) is 0 Å². The lowest BCUT2D eigenvalue weighted by Gasteiger charge is -2.27. The molecule has 3 atom stereocenters. The zero-order chi connectivity index (χ0) is 19.0. The second-order valence-corrected chi connectivity index (χ2v) is 5.62. The topological polar surface area (TPSA) is 141 Å². The van der Waals surface area contributed by atoms with Crippen molar-refractivity contribution in [1.82, 2.24) is 20.2 Å². The Morgan fingerprint density at radius 2 is 2.23 bits per heavy atom. The number of halogens is 1. The summed E-state index contributed by atoms with van der Waals surface area (Å²) in [5, 5.41) is 8.02. The van der Waals surface area contributed by atoms with Crippen LogP contribution in [0.3, 0.4) is 0 Å². The van der Waals surface area contributed by atoms with Gasteiger partial charge in [-0.1, -0.05) is 6.08 Å². The third kappa shape index (κ3) is 2.98. The molecule has 140 valence electrons. The number of carbonyl (C=O) groups excluding carboxylic acids is 3. The first-order valence-corrected chi connectivity index (χ1v) is 7.72. The average Bonchev–Trinajstić information content (AvgIpc) is 3.15. The molecule has 2 bridgehead atoms. The van der Waals surface area contributed by atoms with Crippen LogP contribution in [-0.2, 0) is 14.4 Å². The van der Waals surface area contributed by atoms with E-state index >= 15 is 0 Å². The summed E-state index contributed by atoms with van der Waals surface area (Å²) in [5.74, 6) is -2.52. The van der Waals surface area contributed by atoms with Crippen molar-refractivity contribution in [2.24, 2.45) is 5.73 Å². The Hall–Kier alpha value is -3.02. The molecule has 0 radical (unpaired) electrons. The third-order valence-electron chi connectivity index (χ3n) is 3.88. The van der Waals surface area contributed by atoms with Gasteiger partial charge in [0.05, 0.1) is 19.2 Å². The van der Waals surface area contributed by atoms with E-state index in [9.17, 15) is 18.8 Å². The summed E-state index contributed by atoms with van der Waals surface area (Å²) in [6.07, 6.45) is -0.783. The Bertz CT molecular complexity index is 780. The van der Waals surface area contributed by atoms with Crippen molar-refractivity contribution >= 4 is 17.9 Å². The van der Waals surface area contributed by atoms with E-state index in [0.717, 1.165) is 5.06 Å². The highest BCUT2D eigenvalue weighted by molar-refractivity contribution is 5.87. The molecule has 1 saturated heterocycles. The minimum absolute atomic E-state index is 0.0107. The van der Waals surface area contributed by atoms with Crippen LogP contribution in [0.2, 0.25) is 0 Å². The van der Waals surface area contributed by atoms with Crippen molar-refractivity contribution in [3.8, 4) is 0 Å². The summed E-state index contributed by atoms with van der Waals surface area (Å²) >= 11 is 0. The highest BCUT2D eigenvalue weighted by atomic mass is 19.1. The fraction of sp³-hybridized carbons (Fsp3) is 0.500. The average molecular weight is 369 g/mol. The maximum atomic E-state index is 13.9. The van der Waals surface area contributed by atoms with Gasteiger partial charge in [-0.15, -0.1) is 10.2 Å². The molecule has 2 aliphatic rings. The molecule has 2 aliphatic heterocycles. The second-order valence-electron chi connectivity index (χ2n) is 5.62. The number of esters is 1. The number of aromatic nitrogens is 2. The molecular formula is C14H16FN5O6. The van der Waals surface area contributed by atoms with Gasteiger partial charge in [-0.3, -0.25) is 4.79 Å². The minimum atomic E-state index is -2.43. The summed E-state index contributed by atoms with van der Waals surface area (Å²) in [7, 11) is 0. The Morgan fingerprint density at radius 3 is 2.85 bits per heavy atom. The zero-order valence-electron chi connectivity index (χ0n) is 13.9. The van der Waals surface area contributed by atoms with Crippen LogP contribution in [0.15, 0.2) is 16.1 Å². The Balaban J connectivity index is 1.80. The van der Waals surface area contributed by atoms with Crippen LogP contribution in [0, 0.1) is 0 Å². The normalized spacial score (nSPS) is 23.0. The van der Waals surface area contributed by atoms with Gasteiger partial charge in [-0.25, -0.2) is 18.8 Å². The highest BCUT2D eigenvalue weighted by Gasteiger charge is 2.48. The first kappa shape index (κ1) is 17.8. The number of urea groups is 1. The van der Waals surface area contributed by atoms with Gasteiger partial charge in [0.2, 0.25) is 5.89 Å². The summed E-state index contributed by atoms with van der Waals surface area (Å²) in [4.78, 5) is 41.2. The largest absolute Gasteiger partial charge is 0.462 e. The molecule has 3 heterocycles. The minimum Gasteiger partial charge on any atom is -0.462 e. The number of ether oxygens (including phenoxy) is 1. The Labute approximate surface area is 146 Å². The molecule has 26 heavy (non-hydrogen) atoms. The lowest BCUT2D eigenvalue weighted by Crippen LogP contribution is -2.38. The fourth-order valence-electron chi connectivity index (χ4n) is 2.85. The van der Waals surface area contributed by atoms with E-state index in [1.54, 1.807) is 13.0 Å². The molecule has 11 nitrogen and oxygen atoms in total. The van der Waals surface area contributed by atoms with E-state index < -0.39 is 36.3 Å². The second kappa shape index (κ2) is 6.71. The fourth-order valence-corrected chi connectivity index (χ4v) is 2.85. The van der Waals surface area contributed by atoms with Crippen LogP contribution in [0.4, 0.5) is 9.18 Å². The van der Waals surface area contributed by atoms with Crippen molar-refractivity contribution in [1.29, 1.82) is 0 Å². The maximum Gasteiger partial charge on any atom is 0.370 e. The van der Waals surface area contributed by atoms with Gasteiger partial charge in [-0.2, -0.15) is 5.06 Å². The van der Waals surface area contributed by atoms with Crippen LogP contribution in [0.1, 0.15) is 36.5 Å². The molecule has 1 aromatic rings. The van der Waals surface area contributed by atoms with Gasteiger partial charge in [0, 0.05) is 0 Å². The summed E-state index contributed by atoms with van der Waals surface area (Å²) in [6, 6.07) is -2.06. The number of nitrogens with zero attached hydrogens (tertiary/aromatic N) is 4. The van der Waals surface area contributed by atoms with Crippen LogP contribution in [0.5, 0.6) is 0 Å². The molecule has 1 aromatic heterocycles. The maximum absolute atomic E-state index is 13.9. The molecule has 1 unspecified atom stereocenters. The summed E-state index contributed by atoms with van der Waals surface area (Å²) in [6.45, 7) is 3.34. The zero-order valence-corrected chi connectivity index (χ0v) is 13.9. The number of alkyl halides is 1. The Morgan fingerprint density at radius 1 is 1.50 bits per heavy atom. The number of fused-ring (bicyclic) bond motifs is 2. The first-order chi connectivity index (χ1) is 12.3. The molecule has 0 aromatic carbocycles. The standard InChI is InChI=1S/C14H16FN5O6/c1-3-24-13(22)9(15)26-20-7-4-6(2)8(19(5-7)14(20)23)11-17-18-12(25-11)10(16)21/h4,7-9H,3,5H2,1-2H3,(H2,16,21)/t7-,8+,9?/m1/s1. The third-order valence-corrected chi connectivity index (χ3v) is 3.88. The van der Waals surface area contributed by atoms with Gasteiger partial charge in [0.15, 0.2) is 0 Å². The van der Waals surface area contributed by atoms with Crippen LogP contribution in [0.25, 0.3) is 0 Å². The number of hydroxylamine groups is 2. The van der Waals surface area contributed by atoms with Gasteiger partial charge >= 0.3 is 30.2 Å². The molecule has 12 heteroatoms. The van der Waals surface area contributed by atoms with Gasteiger partial charge in [-0.05, 0) is 19.4 Å². The lowest BCUT2D eigenvalue weighted by molar-refractivity contribution is -0.223. The van der Waals surface area contributed by atoms with Crippen molar-refractivity contribution in [3.63, 3.8) is 0 Å². The Kier molecular flexibility index (Phi) is 4.59. The van der Waals surface area contributed by atoms with E-state index in [2.05, 4.69) is 14.9 Å². The smallest absolute Gasteiger partial charge is 0.370 e. The molecule has 0 spiro atoms. The van der Waals surface area contributed by atoms with Crippen LogP contribution >= 0.6 is 0 Å². The molecule has 3 amide bonds.